The summed E-state index contributed by atoms with van der Waals surface area (Å²) >= 11 is 5.78. The van der Waals surface area contributed by atoms with Crippen molar-refractivity contribution in [1.82, 2.24) is 9.88 Å². The SMILES string of the molecule is CCN(C(=O)Nc1ccc(Cl)nc1C)[C@@H]1CCS(=O)(=O)C1. The van der Waals surface area contributed by atoms with Crippen LogP contribution in [0.4, 0.5) is 10.5 Å². The van der Waals surface area contributed by atoms with Gasteiger partial charge in [-0.05, 0) is 32.4 Å². The standard InChI is InChI=1S/C13H18ClN3O3S/c1-3-17(10-6-7-21(19,20)8-10)13(18)16-11-4-5-12(14)15-9(11)2/h4-5,10H,3,6-8H2,1-2H3,(H,16,18)/t10-/m1/s1. The largest absolute Gasteiger partial charge is 0.322 e. The monoisotopic (exact) mass is 331 g/mol. The highest BCUT2D eigenvalue weighted by atomic mass is 35.5. The molecular formula is C13H18ClN3O3S. The van der Waals surface area contributed by atoms with Crippen molar-refractivity contribution in [3.05, 3.63) is 23.0 Å². The number of urea groups is 1. The molecule has 1 aliphatic rings. The van der Waals surface area contributed by atoms with Gasteiger partial charge in [0.2, 0.25) is 0 Å². The third-order valence-corrected chi connectivity index (χ3v) is 5.51. The van der Waals surface area contributed by atoms with Crippen LogP contribution in [-0.4, -0.2) is 48.4 Å². The minimum absolute atomic E-state index is 0.0338. The fourth-order valence-corrected chi connectivity index (χ4v) is 4.36. The van der Waals surface area contributed by atoms with Gasteiger partial charge < -0.3 is 10.2 Å². The maximum absolute atomic E-state index is 12.3. The van der Waals surface area contributed by atoms with E-state index >= 15 is 0 Å². The highest BCUT2D eigenvalue weighted by Crippen LogP contribution is 2.20. The highest BCUT2D eigenvalue weighted by molar-refractivity contribution is 7.91. The first-order valence-corrected chi connectivity index (χ1v) is 8.93. The van der Waals surface area contributed by atoms with Crippen LogP contribution in [-0.2, 0) is 9.84 Å². The number of halogens is 1. The van der Waals surface area contributed by atoms with E-state index in [4.69, 9.17) is 11.6 Å². The van der Waals surface area contributed by atoms with Crippen molar-refractivity contribution >= 4 is 33.2 Å². The van der Waals surface area contributed by atoms with Gasteiger partial charge in [0.25, 0.3) is 0 Å². The van der Waals surface area contributed by atoms with Gasteiger partial charge in [0.05, 0.1) is 22.9 Å². The third kappa shape index (κ3) is 3.85. The van der Waals surface area contributed by atoms with Crippen molar-refractivity contribution in [3.63, 3.8) is 0 Å². The molecule has 1 N–H and O–H groups in total. The van der Waals surface area contributed by atoms with Crippen LogP contribution in [0.25, 0.3) is 0 Å². The van der Waals surface area contributed by atoms with Crippen molar-refractivity contribution in [3.8, 4) is 0 Å². The van der Waals surface area contributed by atoms with Gasteiger partial charge >= 0.3 is 6.03 Å². The Balaban J connectivity index is 2.10. The molecular weight excluding hydrogens is 314 g/mol. The number of amides is 2. The molecule has 1 aliphatic heterocycles. The molecule has 0 bridgehead atoms. The summed E-state index contributed by atoms with van der Waals surface area (Å²) in [5, 5.41) is 3.12. The molecule has 2 heterocycles. The van der Waals surface area contributed by atoms with E-state index in [-0.39, 0.29) is 23.6 Å². The lowest BCUT2D eigenvalue weighted by atomic mass is 10.2. The highest BCUT2D eigenvalue weighted by Gasteiger charge is 2.34. The van der Waals surface area contributed by atoms with E-state index in [9.17, 15) is 13.2 Å². The fraction of sp³-hybridized carbons (Fsp3) is 0.538. The average molecular weight is 332 g/mol. The Morgan fingerprint density at radius 2 is 2.24 bits per heavy atom. The van der Waals surface area contributed by atoms with Crippen LogP contribution in [0.1, 0.15) is 19.0 Å². The molecule has 0 aromatic carbocycles. The number of carbonyl (C=O) groups excluding carboxylic acids is 1. The maximum atomic E-state index is 12.3. The van der Waals surface area contributed by atoms with Gasteiger partial charge in [0.15, 0.2) is 9.84 Å². The number of hydrogen-bond acceptors (Lipinski definition) is 4. The number of carbonyl (C=O) groups is 1. The first kappa shape index (κ1) is 16.0. The molecule has 0 saturated carbocycles. The van der Waals surface area contributed by atoms with Gasteiger partial charge in [0, 0.05) is 12.6 Å². The Hall–Kier alpha value is -1.34. The van der Waals surface area contributed by atoms with E-state index in [1.165, 1.54) is 0 Å². The van der Waals surface area contributed by atoms with E-state index in [0.717, 1.165) is 0 Å². The zero-order chi connectivity index (χ0) is 15.6. The van der Waals surface area contributed by atoms with Crippen LogP contribution < -0.4 is 5.32 Å². The molecule has 0 radical (unpaired) electrons. The second kappa shape index (κ2) is 6.19. The summed E-state index contributed by atoms with van der Waals surface area (Å²) in [7, 11) is -3.02. The molecule has 21 heavy (non-hydrogen) atoms. The predicted molar refractivity (Wildman–Crippen MR) is 82.4 cm³/mol. The Labute approximate surface area is 129 Å². The van der Waals surface area contributed by atoms with Crippen molar-refractivity contribution in [2.75, 3.05) is 23.4 Å². The number of aryl methyl sites for hydroxylation is 1. The van der Waals surface area contributed by atoms with Crippen molar-refractivity contribution in [1.29, 1.82) is 0 Å². The summed E-state index contributed by atoms with van der Waals surface area (Å²) < 4.78 is 23.1. The van der Waals surface area contributed by atoms with Crippen LogP contribution in [0, 0.1) is 6.92 Å². The Morgan fingerprint density at radius 1 is 1.52 bits per heavy atom. The molecule has 1 aromatic heterocycles. The van der Waals surface area contributed by atoms with Gasteiger partial charge in [-0.15, -0.1) is 0 Å². The summed E-state index contributed by atoms with van der Waals surface area (Å²) in [6, 6.07) is 2.70. The molecule has 116 valence electrons. The van der Waals surface area contributed by atoms with Gasteiger partial charge in [-0.25, -0.2) is 18.2 Å². The zero-order valence-electron chi connectivity index (χ0n) is 12.0. The van der Waals surface area contributed by atoms with Crippen molar-refractivity contribution < 1.29 is 13.2 Å². The van der Waals surface area contributed by atoms with Crippen molar-refractivity contribution in [2.45, 2.75) is 26.3 Å². The minimum atomic E-state index is -3.02. The van der Waals surface area contributed by atoms with Crippen LogP contribution >= 0.6 is 11.6 Å². The summed E-state index contributed by atoms with van der Waals surface area (Å²) in [4.78, 5) is 18.0. The quantitative estimate of drug-likeness (QED) is 0.860. The molecule has 1 saturated heterocycles. The zero-order valence-corrected chi connectivity index (χ0v) is 13.5. The summed E-state index contributed by atoms with van der Waals surface area (Å²) in [5.41, 5.74) is 1.19. The smallest absolute Gasteiger partial charge is 0.321 e. The fourth-order valence-electron chi connectivity index (χ4n) is 2.44. The summed E-state index contributed by atoms with van der Waals surface area (Å²) in [5.74, 6) is 0.176. The Kier molecular flexibility index (Phi) is 4.73. The number of hydrogen-bond donors (Lipinski definition) is 1. The lowest BCUT2D eigenvalue weighted by molar-refractivity contribution is 0.197. The molecule has 0 aliphatic carbocycles. The summed E-state index contributed by atoms with van der Waals surface area (Å²) in [6.07, 6.45) is 0.488. The lowest BCUT2D eigenvalue weighted by Gasteiger charge is -2.27. The van der Waals surface area contributed by atoms with Crippen LogP contribution in [0.2, 0.25) is 5.15 Å². The first-order chi connectivity index (χ1) is 9.82. The Morgan fingerprint density at radius 3 is 2.76 bits per heavy atom. The lowest BCUT2D eigenvalue weighted by Crippen LogP contribution is -2.43. The number of nitrogens with one attached hydrogen (secondary N) is 1. The average Bonchev–Trinajstić information content (AvgIpc) is 2.74. The number of nitrogens with zero attached hydrogens (tertiary/aromatic N) is 2. The van der Waals surface area contributed by atoms with Gasteiger partial charge in [0.1, 0.15) is 5.15 Å². The maximum Gasteiger partial charge on any atom is 0.322 e. The number of pyridine rings is 1. The molecule has 8 heteroatoms. The van der Waals surface area contributed by atoms with Gasteiger partial charge in [-0.1, -0.05) is 11.6 Å². The molecule has 6 nitrogen and oxygen atoms in total. The van der Waals surface area contributed by atoms with E-state index in [2.05, 4.69) is 10.3 Å². The molecule has 2 amide bonds. The number of rotatable bonds is 3. The number of anilines is 1. The van der Waals surface area contributed by atoms with Crippen LogP contribution in [0.3, 0.4) is 0 Å². The molecule has 2 rings (SSSR count). The predicted octanol–water partition coefficient (Wildman–Crippen LogP) is 2.08. The molecule has 1 fully saturated rings. The van der Waals surface area contributed by atoms with Gasteiger partial charge in [-0.3, -0.25) is 0 Å². The topological polar surface area (TPSA) is 79.4 Å². The normalized spacial score (nSPS) is 20.2. The Bertz CT molecular complexity index is 648. The molecule has 0 unspecified atom stereocenters. The van der Waals surface area contributed by atoms with E-state index in [1.54, 1.807) is 24.0 Å². The van der Waals surface area contributed by atoms with Crippen molar-refractivity contribution in [2.24, 2.45) is 0 Å². The van der Waals surface area contributed by atoms with E-state index in [0.29, 0.717) is 29.5 Å². The second-order valence-corrected chi connectivity index (χ2v) is 7.66. The molecule has 0 spiro atoms. The van der Waals surface area contributed by atoms with Crippen LogP contribution in [0.15, 0.2) is 12.1 Å². The molecule has 1 aromatic rings. The van der Waals surface area contributed by atoms with E-state index in [1.807, 2.05) is 6.92 Å². The second-order valence-electron chi connectivity index (χ2n) is 5.04. The van der Waals surface area contributed by atoms with Gasteiger partial charge in [-0.2, -0.15) is 0 Å². The van der Waals surface area contributed by atoms with Crippen LogP contribution in [0.5, 0.6) is 0 Å². The summed E-state index contributed by atoms with van der Waals surface area (Å²) in [6.45, 7) is 4.03. The van der Waals surface area contributed by atoms with E-state index < -0.39 is 9.84 Å². The first-order valence-electron chi connectivity index (χ1n) is 6.73. The third-order valence-electron chi connectivity index (χ3n) is 3.54. The number of aromatic nitrogens is 1. The number of sulfone groups is 1. The minimum Gasteiger partial charge on any atom is -0.321 e. The molecule has 1 atom stereocenters.